The molecular formula is C17H21FN2O4. The van der Waals surface area contributed by atoms with Crippen molar-refractivity contribution in [2.24, 2.45) is 5.73 Å². The summed E-state index contributed by atoms with van der Waals surface area (Å²) in [5.41, 5.74) is 4.77. The van der Waals surface area contributed by atoms with Crippen molar-refractivity contribution in [3.8, 4) is 5.88 Å². The van der Waals surface area contributed by atoms with Crippen LogP contribution >= 0.6 is 0 Å². The van der Waals surface area contributed by atoms with Gasteiger partial charge in [-0.15, -0.1) is 0 Å². The first kappa shape index (κ1) is 17.9. The fourth-order valence-corrected chi connectivity index (χ4v) is 2.84. The van der Waals surface area contributed by atoms with E-state index in [1.807, 2.05) is 0 Å². The Labute approximate surface area is 139 Å². The second-order valence-corrected chi connectivity index (χ2v) is 6.15. The standard InChI is InChI=1S/C17H21FN2O4/c1-17(2,24-16(19)22)8-11(9-21)14-12(18)6-4-10-5-7-13(23-3)20-15(10)14/h4-7,11,21H,8-9H2,1-3H3,(H2,19,22). The van der Waals surface area contributed by atoms with Crippen LogP contribution in [0.3, 0.4) is 0 Å². The Morgan fingerprint density at radius 2 is 2.04 bits per heavy atom. The molecule has 0 saturated carbocycles. The number of halogens is 1. The summed E-state index contributed by atoms with van der Waals surface area (Å²) < 4.78 is 24.7. The van der Waals surface area contributed by atoms with Gasteiger partial charge in [-0.25, -0.2) is 14.2 Å². The van der Waals surface area contributed by atoms with Gasteiger partial charge in [0.25, 0.3) is 0 Å². The van der Waals surface area contributed by atoms with E-state index in [-0.39, 0.29) is 18.6 Å². The van der Waals surface area contributed by atoms with Crippen LogP contribution in [0.25, 0.3) is 10.9 Å². The second-order valence-electron chi connectivity index (χ2n) is 6.15. The number of carbonyl (C=O) groups is 1. The van der Waals surface area contributed by atoms with E-state index in [0.29, 0.717) is 11.4 Å². The molecule has 1 unspecified atom stereocenters. The fraction of sp³-hybridized carbons (Fsp3) is 0.412. The van der Waals surface area contributed by atoms with Crippen LogP contribution in [0.15, 0.2) is 24.3 Å². The quantitative estimate of drug-likeness (QED) is 0.846. The summed E-state index contributed by atoms with van der Waals surface area (Å²) in [7, 11) is 1.47. The molecule has 1 atom stereocenters. The summed E-state index contributed by atoms with van der Waals surface area (Å²) >= 11 is 0. The Hall–Kier alpha value is -2.41. The van der Waals surface area contributed by atoms with Gasteiger partial charge in [0.1, 0.15) is 11.4 Å². The molecule has 0 radical (unpaired) electrons. The van der Waals surface area contributed by atoms with Gasteiger partial charge in [-0.3, -0.25) is 0 Å². The second kappa shape index (κ2) is 7.00. The molecule has 0 spiro atoms. The van der Waals surface area contributed by atoms with Gasteiger partial charge in [0, 0.05) is 22.9 Å². The number of fused-ring (bicyclic) bond motifs is 1. The van der Waals surface area contributed by atoms with E-state index in [1.54, 1.807) is 32.0 Å². The number of ether oxygens (including phenoxy) is 2. The molecule has 2 aromatic rings. The van der Waals surface area contributed by atoms with E-state index in [9.17, 15) is 14.3 Å². The molecule has 24 heavy (non-hydrogen) atoms. The topological polar surface area (TPSA) is 94.7 Å². The molecule has 0 aliphatic carbocycles. The number of aliphatic hydroxyl groups is 1. The minimum absolute atomic E-state index is 0.182. The highest BCUT2D eigenvalue weighted by Crippen LogP contribution is 2.34. The summed E-state index contributed by atoms with van der Waals surface area (Å²) in [6, 6.07) is 6.39. The van der Waals surface area contributed by atoms with Gasteiger partial charge in [-0.1, -0.05) is 0 Å². The third-order valence-corrected chi connectivity index (χ3v) is 3.78. The largest absolute Gasteiger partial charge is 0.481 e. The number of hydrogen-bond acceptors (Lipinski definition) is 5. The van der Waals surface area contributed by atoms with Crippen molar-refractivity contribution in [1.29, 1.82) is 0 Å². The van der Waals surface area contributed by atoms with Crippen molar-refractivity contribution in [1.82, 2.24) is 4.98 Å². The van der Waals surface area contributed by atoms with Crippen molar-refractivity contribution in [2.75, 3.05) is 13.7 Å². The highest BCUT2D eigenvalue weighted by Gasteiger charge is 2.30. The van der Waals surface area contributed by atoms with Gasteiger partial charge in [0.2, 0.25) is 5.88 Å². The first-order valence-electron chi connectivity index (χ1n) is 7.50. The fourth-order valence-electron chi connectivity index (χ4n) is 2.84. The highest BCUT2D eigenvalue weighted by atomic mass is 19.1. The normalized spacial score (nSPS) is 12.9. The molecule has 0 bridgehead atoms. The zero-order valence-corrected chi connectivity index (χ0v) is 13.9. The lowest BCUT2D eigenvalue weighted by Gasteiger charge is -2.29. The van der Waals surface area contributed by atoms with Crippen LogP contribution in [0.2, 0.25) is 0 Å². The molecule has 6 nitrogen and oxygen atoms in total. The number of amides is 1. The molecule has 0 aliphatic rings. The number of carbonyl (C=O) groups excluding carboxylic acids is 1. The van der Waals surface area contributed by atoms with Gasteiger partial charge in [0.05, 0.1) is 19.2 Å². The first-order valence-corrected chi connectivity index (χ1v) is 7.50. The van der Waals surface area contributed by atoms with Crippen molar-refractivity contribution >= 4 is 17.0 Å². The van der Waals surface area contributed by atoms with E-state index in [0.717, 1.165) is 5.39 Å². The molecule has 130 valence electrons. The molecule has 7 heteroatoms. The maximum atomic E-state index is 14.5. The van der Waals surface area contributed by atoms with Gasteiger partial charge < -0.3 is 20.3 Å². The summed E-state index contributed by atoms with van der Waals surface area (Å²) in [6.45, 7) is 2.97. The number of primary amides is 1. The minimum atomic E-state index is -0.966. The van der Waals surface area contributed by atoms with Crippen LogP contribution < -0.4 is 10.5 Å². The van der Waals surface area contributed by atoms with Crippen molar-refractivity contribution < 1.29 is 23.8 Å². The smallest absolute Gasteiger partial charge is 0.405 e. The summed E-state index contributed by atoms with van der Waals surface area (Å²) in [6.07, 6.45) is -0.740. The van der Waals surface area contributed by atoms with Crippen LogP contribution in [-0.2, 0) is 4.74 Å². The Balaban J connectivity index is 2.50. The molecule has 1 amide bonds. The maximum absolute atomic E-state index is 14.5. The lowest BCUT2D eigenvalue weighted by molar-refractivity contribution is 0.0283. The van der Waals surface area contributed by atoms with E-state index in [4.69, 9.17) is 15.2 Å². The number of benzene rings is 1. The van der Waals surface area contributed by atoms with Gasteiger partial charge >= 0.3 is 6.09 Å². The summed E-state index contributed by atoms with van der Waals surface area (Å²) in [5.74, 6) is -0.765. The van der Waals surface area contributed by atoms with E-state index < -0.39 is 23.4 Å². The van der Waals surface area contributed by atoms with Gasteiger partial charge in [-0.05, 0) is 38.5 Å². The van der Waals surface area contributed by atoms with Gasteiger partial charge in [0.15, 0.2) is 0 Å². The number of nitrogens with zero attached hydrogens (tertiary/aromatic N) is 1. The Kier molecular flexibility index (Phi) is 5.23. The molecule has 0 aliphatic heterocycles. The number of nitrogens with two attached hydrogens (primary N) is 1. The van der Waals surface area contributed by atoms with Crippen molar-refractivity contribution in [3.63, 3.8) is 0 Å². The maximum Gasteiger partial charge on any atom is 0.405 e. The van der Waals surface area contributed by atoms with Crippen LogP contribution in [-0.4, -0.2) is 35.5 Å². The number of pyridine rings is 1. The monoisotopic (exact) mass is 336 g/mol. The number of hydrogen-bond donors (Lipinski definition) is 2. The number of methoxy groups -OCH3 is 1. The molecule has 0 fully saturated rings. The highest BCUT2D eigenvalue weighted by molar-refractivity contribution is 5.83. The zero-order chi connectivity index (χ0) is 17.9. The Morgan fingerprint density at radius 1 is 1.38 bits per heavy atom. The van der Waals surface area contributed by atoms with E-state index >= 15 is 0 Å². The van der Waals surface area contributed by atoms with E-state index in [1.165, 1.54) is 13.2 Å². The molecule has 0 saturated heterocycles. The third-order valence-electron chi connectivity index (χ3n) is 3.78. The molecular weight excluding hydrogens is 315 g/mol. The summed E-state index contributed by atoms with van der Waals surface area (Å²) in [5, 5.41) is 10.5. The van der Waals surface area contributed by atoms with Crippen LogP contribution in [0.1, 0.15) is 31.7 Å². The predicted octanol–water partition coefficient (Wildman–Crippen LogP) is 2.72. The molecule has 1 aromatic carbocycles. The Bertz CT molecular complexity index is 749. The third kappa shape index (κ3) is 3.91. The molecule has 1 heterocycles. The van der Waals surface area contributed by atoms with Gasteiger partial charge in [-0.2, -0.15) is 0 Å². The van der Waals surface area contributed by atoms with Crippen molar-refractivity contribution in [3.05, 3.63) is 35.6 Å². The molecule has 2 rings (SSSR count). The SMILES string of the molecule is COc1ccc2ccc(F)c(C(CO)CC(C)(C)OC(N)=O)c2n1. The van der Waals surface area contributed by atoms with E-state index in [2.05, 4.69) is 4.98 Å². The average molecular weight is 336 g/mol. The molecule has 3 N–H and O–H groups in total. The lowest BCUT2D eigenvalue weighted by Crippen LogP contribution is -2.33. The number of aromatic nitrogens is 1. The van der Waals surface area contributed by atoms with Crippen LogP contribution in [0, 0.1) is 5.82 Å². The number of rotatable bonds is 6. The lowest BCUT2D eigenvalue weighted by atomic mass is 9.86. The summed E-state index contributed by atoms with van der Waals surface area (Å²) in [4.78, 5) is 15.3. The average Bonchev–Trinajstić information content (AvgIpc) is 2.51. The zero-order valence-electron chi connectivity index (χ0n) is 13.9. The predicted molar refractivity (Wildman–Crippen MR) is 87.4 cm³/mol. The molecule has 1 aromatic heterocycles. The van der Waals surface area contributed by atoms with Crippen LogP contribution in [0.4, 0.5) is 9.18 Å². The first-order chi connectivity index (χ1) is 11.3. The van der Waals surface area contributed by atoms with Crippen LogP contribution in [0.5, 0.6) is 5.88 Å². The minimum Gasteiger partial charge on any atom is -0.481 e. The van der Waals surface area contributed by atoms with Crippen molar-refractivity contribution in [2.45, 2.75) is 31.8 Å². The number of aliphatic hydroxyl groups excluding tert-OH is 1. The Morgan fingerprint density at radius 3 is 2.62 bits per heavy atom.